The van der Waals surface area contributed by atoms with Crippen LogP contribution in [0, 0.1) is 5.92 Å². The lowest BCUT2D eigenvalue weighted by atomic mass is 9.96. The Hall–Kier alpha value is -0.310. The van der Waals surface area contributed by atoms with Gasteiger partial charge in [-0.2, -0.15) is 0 Å². The summed E-state index contributed by atoms with van der Waals surface area (Å²) >= 11 is 5.44. The summed E-state index contributed by atoms with van der Waals surface area (Å²) in [5.41, 5.74) is 0. The van der Waals surface area contributed by atoms with Crippen molar-refractivity contribution in [3.63, 3.8) is 0 Å². The lowest BCUT2D eigenvalue weighted by molar-refractivity contribution is 0.365. The van der Waals surface area contributed by atoms with Gasteiger partial charge in [0.05, 0.1) is 0 Å². The molecule has 0 aromatic heterocycles. The summed E-state index contributed by atoms with van der Waals surface area (Å²) in [7, 11) is 2.10. The zero-order valence-corrected chi connectivity index (χ0v) is 11.8. The number of hydrogen-bond donors (Lipinski definition) is 1. The van der Waals surface area contributed by atoms with Gasteiger partial charge < -0.3 is 10.2 Å². The molecule has 0 spiro atoms. The Balaban J connectivity index is 2.27. The first-order valence-corrected chi connectivity index (χ1v) is 7.06. The van der Waals surface area contributed by atoms with Gasteiger partial charge in [-0.1, -0.05) is 39.5 Å². The smallest absolute Gasteiger partial charge is 0.168 e. The highest BCUT2D eigenvalue weighted by molar-refractivity contribution is 7.80. The zero-order valence-electron chi connectivity index (χ0n) is 11.0. The molecule has 1 aliphatic carbocycles. The Bertz CT molecular complexity index is 212. The Morgan fingerprint density at radius 2 is 2.00 bits per heavy atom. The van der Waals surface area contributed by atoms with Gasteiger partial charge in [-0.25, -0.2) is 0 Å². The lowest BCUT2D eigenvalue weighted by Crippen LogP contribution is -2.44. The van der Waals surface area contributed by atoms with Crippen LogP contribution in [0.5, 0.6) is 0 Å². The van der Waals surface area contributed by atoms with Crippen LogP contribution >= 0.6 is 12.2 Å². The van der Waals surface area contributed by atoms with E-state index in [1.807, 2.05) is 0 Å². The minimum atomic E-state index is 0.626. The van der Waals surface area contributed by atoms with Gasteiger partial charge in [-0.05, 0) is 31.0 Å². The molecule has 0 radical (unpaired) electrons. The molecule has 1 rings (SSSR count). The minimum Gasteiger partial charge on any atom is -0.360 e. The molecular formula is C13H26N2S. The fourth-order valence-corrected chi connectivity index (χ4v) is 2.45. The highest BCUT2D eigenvalue weighted by Gasteiger charge is 2.16. The van der Waals surface area contributed by atoms with Gasteiger partial charge in [0, 0.05) is 19.6 Å². The minimum absolute atomic E-state index is 0.626. The average molecular weight is 242 g/mol. The maximum absolute atomic E-state index is 5.44. The van der Waals surface area contributed by atoms with E-state index in [9.17, 15) is 0 Å². The van der Waals surface area contributed by atoms with Crippen molar-refractivity contribution in [1.29, 1.82) is 0 Å². The van der Waals surface area contributed by atoms with E-state index in [0.717, 1.165) is 17.6 Å². The average Bonchev–Trinajstić information content (AvgIpc) is 2.30. The molecule has 0 aromatic rings. The second-order valence-corrected chi connectivity index (χ2v) is 5.57. The van der Waals surface area contributed by atoms with E-state index in [1.54, 1.807) is 0 Å². The van der Waals surface area contributed by atoms with E-state index >= 15 is 0 Å². The van der Waals surface area contributed by atoms with Crippen LogP contribution < -0.4 is 5.32 Å². The first kappa shape index (κ1) is 13.8. The standard InChI is InChI=1S/C13H26N2S/c1-4-11(2)10-15(3)13(16)14-12-8-6-5-7-9-12/h11-12H,4-10H2,1-3H3,(H,14,16). The fourth-order valence-electron chi connectivity index (χ4n) is 2.21. The van der Waals surface area contributed by atoms with Crippen molar-refractivity contribution in [3.8, 4) is 0 Å². The van der Waals surface area contributed by atoms with Crippen molar-refractivity contribution >= 4 is 17.3 Å². The molecule has 1 fully saturated rings. The molecule has 1 unspecified atom stereocenters. The summed E-state index contributed by atoms with van der Waals surface area (Å²) < 4.78 is 0. The number of hydrogen-bond acceptors (Lipinski definition) is 1. The Morgan fingerprint density at radius 1 is 1.38 bits per heavy atom. The highest BCUT2D eigenvalue weighted by atomic mass is 32.1. The van der Waals surface area contributed by atoms with Crippen LogP contribution in [0.3, 0.4) is 0 Å². The van der Waals surface area contributed by atoms with E-state index in [-0.39, 0.29) is 0 Å². The van der Waals surface area contributed by atoms with Gasteiger partial charge in [0.25, 0.3) is 0 Å². The number of nitrogens with zero attached hydrogens (tertiary/aromatic N) is 1. The van der Waals surface area contributed by atoms with Crippen LogP contribution in [-0.2, 0) is 0 Å². The first-order chi connectivity index (χ1) is 7.63. The molecule has 3 heteroatoms. The third kappa shape index (κ3) is 4.69. The molecule has 0 heterocycles. The summed E-state index contributed by atoms with van der Waals surface area (Å²) in [5.74, 6) is 0.719. The zero-order chi connectivity index (χ0) is 12.0. The van der Waals surface area contributed by atoms with Crippen LogP contribution in [0.4, 0.5) is 0 Å². The quantitative estimate of drug-likeness (QED) is 0.762. The fraction of sp³-hybridized carbons (Fsp3) is 0.923. The van der Waals surface area contributed by atoms with Gasteiger partial charge in [0.1, 0.15) is 0 Å². The van der Waals surface area contributed by atoms with Crippen LogP contribution in [0.1, 0.15) is 52.4 Å². The Morgan fingerprint density at radius 3 is 2.56 bits per heavy atom. The molecular weight excluding hydrogens is 216 g/mol. The van der Waals surface area contributed by atoms with E-state index in [4.69, 9.17) is 12.2 Å². The monoisotopic (exact) mass is 242 g/mol. The molecule has 94 valence electrons. The van der Waals surface area contributed by atoms with Gasteiger partial charge in [-0.15, -0.1) is 0 Å². The molecule has 0 aromatic carbocycles. The van der Waals surface area contributed by atoms with E-state index in [2.05, 4.69) is 31.1 Å². The van der Waals surface area contributed by atoms with Gasteiger partial charge >= 0.3 is 0 Å². The normalized spacial score (nSPS) is 19.2. The van der Waals surface area contributed by atoms with Crippen molar-refractivity contribution in [2.75, 3.05) is 13.6 Å². The molecule has 0 aliphatic heterocycles. The molecule has 1 aliphatic rings. The van der Waals surface area contributed by atoms with Gasteiger partial charge in [0.15, 0.2) is 5.11 Å². The predicted molar refractivity (Wildman–Crippen MR) is 74.7 cm³/mol. The second kappa shape index (κ2) is 7.10. The number of rotatable bonds is 4. The highest BCUT2D eigenvalue weighted by Crippen LogP contribution is 2.17. The van der Waals surface area contributed by atoms with E-state index in [1.165, 1.54) is 38.5 Å². The van der Waals surface area contributed by atoms with Crippen LogP contribution in [0.25, 0.3) is 0 Å². The molecule has 16 heavy (non-hydrogen) atoms. The summed E-state index contributed by atoms with van der Waals surface area (Å²) in [6.45, 7) is 5.57. The Labute approximate surface area is 106 Å². The summed E-state index contributed by atoms with van der Waals surface area (Å²) in [4.78, 5) is 2.19. The second-order valence-electron chi connectivity index (χ2n) is 5.18. The predicted octanol–water partition coefficient (Wildman–Crippen LogP) is 3.17. The largest absolute Gasteiger partial charge is 0.360 e. The number of thiocarbonyl (C=S) groups is 1. The summed E-state index contributed by atoms with van der Waals surface area (Å²) in [6, 6.07) is 0.626. The Kier molecular flexibility index (Phi) is 6.10. The van der Waals surface area contributed by atoms with Crippen molar-refractivity contribution in [1.82, 2.24) is 10.2 Å². The van der Waals surface area contributed by atoms with Crippen molar-refractivity contribution < 1.29 is 0 Å². The van der Waals surface area contributed by atoms with Crippen LogP contribution in [-0.4, -0.2) is 29.6 Å². The summed E-state index contributed by atoms with van der Waals surface area (Å²) in [5, 5.41) is 4.44. The molecule has 2 nitrogen and oxygen atoms in total. The van der Waals surface area contributed by atoms with Crippen LogP contribution in [0.2, 0.25) is 0 Å². The lowest BCUT2D eigenvalue weighted by Gasteiger charge is -2.29. The maximum Gasteiger partial charge on any atom is 0.168 e. The SMILES string of the molecule is CCC(C)CN(C)C(=S)NC1CCCCC1. The molecule has 1 saturated carbocycles. The first-order valence-electron chi connectivity index (χ1n) is 6.65. The molecule has 0 amide bonds. The summed E-state index contributed by atoms with van der Waals surface area (Å²) in [6.07, 6.45) is 7.91. The molecule has 1 N–H and O–H groups in total. The molecule has 0 saturated heterocycles. The number of nitrogens with one attached hydrogen (secondary N) is 1. The third-order valence-electron chi connectivity index (χ3n) is 3.56. The third-order valence-corrected chi connectivity index (χ3v) is 3.99. The van der Waals surface area contributed by atoms with Gasteiger partial charge in [-0.3, -0.25) is 0 Å². The topological polar surface area (TPSA) is 15.3 Å². The van der Waals surface area contributed by atoms with Crippen molar-refractivity contribution in [2.24, 2.45) is 5.92 Å². The van der Waals surface area contributed by atoms with E-state index in [0.29, 0.717) is 6.04 Å². The van der Waals surface area contributed by atoms with Crippen molar-refractivity contribution in [3.05, 3.63) is 0 Å². The molecule has 0 bridgehead atoms. The van der Waals surface area contributed by atoms with Crippen LogP contribution in [0.15, 0.2) is 0 Å². The van der Waals surface area contributed by atoms with Crippen molar-refractivity contribution in [2.45, 2.75) is 58.4 Å². The molecule has 1 atom stereocenters. The van der Waals surface area contributed by atoms with E-state index < -0.39 is 0 Å². The van der Waals surface area contributed by atoms with Gasteiger partial charge in [0.2, 0.25) is 0 Å². The maximum atomic E-state index is 5.44.